The topological polar surface area (TPSA) is 58.0 Å². The summed E-state index contributed by atoms with van der Waals surface area (Å²) in [5.41, 5.74) is -5.04. The molecule has 3 aromatic rings. The maximum Gasteiger partial charge on any atom is 0.431 e. The van der Waals surface area contributed by atoms with E-state index in [1.54, 1.807) is 36.4 Å². The number of ether oxygens (including phenoxy) is 1. The molecule has 1 aliphatic heterocycles. The molecule has 0 saturated carbocycles. The Balaban J connectivity index is 1.76. The summed E-state index contributed by atoms with van der Waals surface area (Å²) in [6.45, 7) is 0. The largest absolute Gasteiger partial charge is 0.497 e. The number of alkyl halides is 6. The van der Waals surface area contributed by atoms with Crippen molar-refractivity contribution in [3.63, 3.8) is 0 Å². The first-order valence-electron chi connectivity index (χ1n) is 10.4. The number of aromatic nitrogens is 1. The highest BCUT2D eigenvalue weighted by Gasteiger charge is 2.74. The average molecular weight is 530 g/mol. The van der Waals surface area contributed by atoms with Crippen molar-refractivity contribution in [2.24, 2.45) is 5.10 Å². The van der Waals surface area contributed by atoms with Gasteiger partial charge in [-0.3, -0.25) is 9.99 Å². The van der Waals surface area contributed by atoms with Crippen molar-refractivity contribution in [1.29, 1.82) is 0 Å². The Bertz CT molecular complexity index is 1250. The van der Waals surface area contributed by atoms with Crippen molar-refractivity contribution < 1.29 is 36.2 Å². The van der Waals surface area contributed by atoms with Crippen LogP contribution in [-0.2, 0) is 0 Å². The molecule has 190 valence electrons. The van der Waals surface area contributed by atoms with Gasteiger partial charge in [-0.25, -0.2) is 0 Å². The summed E-state index contributed by atoms with van der Waals surface area (Å²) >= 11 is 6.19. The molecule has 0 spiro atoms. The Morgan fingerprint density at radius 1 is 0.944 bits per heavy atom. The minimum absolute atomic E-state index is 0.0536. The zero-order valence-corrected chi connectivity index (χ0v) is 19.2. The Labute approximate surface area is 206 Å². The third-order valence-corrected chi connectivity index (χ3v) is 6.12. The molecule has 0 fully saturated rings. The van der Waals surface area contributed by atoms with Gasteiger partial charge in [0, 0.05) is 18.2 Å². The van der Waals surface area contributed by atoms with Crippen molar-refractivity contribution in [3.8, 4) is 17.0 Å². The van der Waals surface area contributed by atoms with Crippen LogP contribution in [0.2, 0.25) is 5.02 Å². The second kappa shape index (κ2) is 9.29. The molecular weight excluding hydrogens is 512 g/mol. The summed E-state index contributed by atoms with van der Waals surface area (Å²) in [6, 6.07) is 14.8. The first-order valence-corrected chi connectivity index (χ1v) is 10.8. The minimum Gasteiger partial charge on any atom is -0.497 e. The van der Waals surface area contributed by atoms with E-state index in [-0.39, 0.29) is 16.3 Å². The molecule has 1 atom stereocenters. The van der Waals surface area contributed by atoms with Gasteiger partial charge < -0.3 is 9.84 Å². The Morgan fingerprint density at radius 3 is 2.11 bits per heavy atom. The van der Waals surface area contributed by atoms with Crippen LogP contribution in [0.1, 0.15) is 18.0 Å². The molecule has 2 heterocycles. The van der Waals surface area contributed by atoms with Crippen LogP contribution in [0.25, 0.3) is 11.3 Å². The number of methoxy groups -OCH3 is 1. The molecule has 0 bridgehead atoms. The van der Waals surface area contributed by atoms with Crippen LogP contribution < -0.4 is 9.75 Å². The highest BCUT2D eigenvalue weighted by molar-refractivity contribution is 6.33. The van der Waals surface area contributed by atoms with Gasteiger partial charge in [-0.05, 0) is 48.0 Å². The zero-order valence-electron chi connectivity index (χ0n) is 18.5. The van der Waals surface area contributed by atoms with E-state index in [4.69, 9.17) is 16.3 Å². The lowest BCUT2D eigenvalue weighted by Crippen LogP contribution is -2.62. The van der Waals surface area contributed by atoms with Gasteiger partial charge in [0.15, 0.2) is 0 Å². The summed E-state index contributed by atoms with van der Waals surface area (Å²) < 4.78 is 86.5. The molecular formula is C24H18ClF6N3O2. The highest BCUT2D eigenvalue weighted by Crippen LogP contribution is 2.49. The molecule has 1 unspecified atom stereocenters. The van der Waals surface area contributed by atoms with E-state index < -0.39 is 36.1 Å². The third-order valence-electron chi connectivity index (χ3n) is 5.80. The van der Waals surface area contributed by atoms with Crippen molar-refractivity contribution in [2.45, 2.75) is 30.4 Å². The van der Waals surface area contributed by atoms with Crippen LogP contribution >= 0.6 is 11.6 Å². The summed E-state index contributed by atoms with van der Waals surface area (Å²) in [4.78, 5) is 4.33. The van der Waals surface area contributed by atoms with E-state index in [1.807, 2.05) is 0 Å². The molecule has 2 aromatic carbocycles. The minimum atomic E-state index is -6.05. The predicted molar refractivity (Wildman–Crippen MR) is 122 cm³/mol. The van der Waals surface area contributed by atoms with Crippen molar-refractivity contribution in [2.75, 3.05) is 12.1 Å². The van der Waals surface area contributed by atoms with Crippen molar-refractivity contribution in [1.82, 2.24) is 4.98 Å². The smallest absolute Gasteiger partial charge is 0.431 e. The van der Waals surface area contributed by atoms with Crippen LogP contribution in [0.4, 0.5) is 32.0 Å². The van der Waals surface area contributed by atoms with Gasteiger partial charge in [-0.15, -0.1) is 0 Å². The fourth-order valence-corrected chi connectivity index (χ4v) is 4.09. The van der Waals surface area contributed by atoms with Gasteiger partial charge in [-0.2, -0.15) is 31.4 Å². The van der Waals surface area contributed by atoms with E-state index in [2.05, 4.69) is 10.1 Å². The van der Waals surface area contributed by atoms with Crippen LogP contribution in [0, 0.1) is 0 Å². The monoisotopic (exact) mass is 529 g/mol. The maximum atomic E-state index is 13.6. The fraction of sp³-hybridized carbons (Fsp3) is 0.250. The predicted octanol–water partition coefficient (Wildman–Crippen LogP) is 6.57. The van der Waals surface area contributed by atoms with E-state index >= 15 is 0 Å². The fourth-order valence-electron chi connectivity index (χ4n) is 3.87. The number of hydrogen-bond donors (Lipinski definition) is 1. The molecule has 0 amide bonds. The molecule has 5 nitrogen and oxygen atoms in total. The maximum absolute atomic E-state index is 13.6. The molecule has 0 radical (unpaired) electrons. The van der Waals surface area contributed by atoms with Gasteiger partial charge in [0.05, 0.1) is 35.3 Å². The molecule has 0 saturated heterocycles. The Kier molecular flexibility index (Phi) is 6.65. The molecule has 36 heavy (non-hydrogen) atoms. The molecule has 12 heteroatoms. The summed E-state index contributed by atoms with van der Waals surface area (Å²) in [6.07, 6.45) is -11.6. The van der Waals surface area contributed by atoms with Crippen LogP contribution in [0.15, 0.2) is 72.0 Å². The van der Waals surface area contributed by atoms with Crippen molar-refractivity contribution >= 4 is 23.0 Å². The lowest BCUT2D eigenvalue weighted by molar-refractivity contribution is -0.338. The van der Waals surface area contributed by atoms with Crippen LogP contribution in [0.3, 0.4) is 0 Å². The summed E-state index contributed by atoms with van der Waals surface area (Å²) in [5, 5.41) is 14.6. The SMILES string of the molecule is COc1ccc(-c2ccc(C3CC(C(O)(C(F)(F)F)C(F)(F)F)=NN3c3ccccc3Cl)cn2)cc1. The number of hydrogen-bond acceptors (Lipinski definition) is 5. The average Bonchev–Trinajstić information content (AvgIpc) is 3.28. The van der Waals surface area contributed by atoms with E-state index in [9.17, 15) is 31.4 Å². The van der Waals surface area contributed by atoms with E-state index in [0.717, 1.165) is 10.6 Å². The number of hydrazone groups is 1. The number of halogens is 7. The van der Waals surface area contributed by atoms with Gasteiger partial charge >= 0.3 is 12.4 Å². The first-order chi connectivity index (χ1) is 16.9. The summed E-state index contributed by atoms with van der Waals surface area (Å²) in [5.74, 6) is 0.628. The van der Waals surface area contributed by atoms with Gasteiger partial charge in [0.2, 0.25) is 0 Å². The molecule has 1 aliphatic rings. The Hall–Kier alpha value is -3.31. The Morgan fingerprint density at radius 2 is 1.58 bits per heavy atom. The van der Waals surface area contributed by atoms with E-state index in [0.29, 0.717) is 11.4 Å². The quantitative estimate of drug-likeness (QED) is 0.380. The number of anilines is 1. The second-order valence-corrected chi connectivity index (χ2v) is 8.38. The number of nitrogens with zero attached hydrogens (tertiary/aromatic N) is 3. The highest BCUT2D eigenvalue weighted by atomic mass is 35.5. The first kappa shape index (κ1) is 25.8. The molecule has 1 N–H and O–H groups in total. The lowest BCUT2D eigenvalue weighted by atomic mass is 9.90. The summed E-state index contributed by atoms with van der Waals surface area (Å²) in [7, 11) is 1.52. The van der Waals surface area contributed by atoms with Crippen molar-refractivity contribution in [3.05, 3.63) is 77.4 Å². The third kappa shape index (κ3) is 4.48. The number of para-hydroxylation sites is 1. The van der Waals surface area contributed by atoms with E-state index in [1.165, 1.54) is 37.6 Å². The van der Waals surface area contributed by atoms with Crippen LogP contribution in [0.5, 0.6) is 5.75 Å². The second-order valence-electron chi connectivity index (χ2n) is 7.97. The number of pyridine rings is 1. The molecule has 1 aromatic heterocycles. The zero-order chi connectivity index (χ0) is 26.3. The van der Waals surface area contributed by atoms with Gasteiger partial charge in [0.1, 0.15) is 5.75 Å². The van der Waals surface area contributed by atoms with Gasteiger partial charge in [-0.1, -0.05) is 29.8 Å². The number of benzene rings is 2. The van der Waals surface area contributed by atoms with Crippen LogP contribution in [-0.4, -0.2) is 40.9 Å². The number of rotatable bonds is 5. The normalized spacial score (nSPS) is 16.8. The van der Waals surface area contributed by atoms with Gasteiger partial charge in [0.25, 0.3) is 5.60 Å². The molecule has 0 aliphatic carbocycles. The standard InChI is InChI=1S/C24H18ClF6N3O2/c1-36-16-9-6-14(7-10-16)18-11-8-15(13-32-18)20-12-21(22(35,23(26,27)28)24(29,30)31)33-34(20)19-5-3-2-4-17(19)25/h2-11,13,20,35H,12H2,1H3. The lowest BCUT2D eigenvalue weighted by Gasteiger charge is -2.32. The molecule has 4 rings (SSSR count). The number of aliphatic hydroxyl groups is 1.